The molecule has 0 spiro atoms. The second kappa shape index (κ2) is 8.53. The van der Waals surface area contributed by atoms with E-state index in [1.54, 1.807) is 0 Å². The Morgan fingerprint density at radius 1 is 1.16 bits per heavy atom. The Morgan fingerprint density at radius 2 is 1.81 bits per heavy atom. The zero-order chi connectivity index (χ0) is 23.0. The van der Waals surface area contributed by atoms with Crippen LogP contribution < -0.4 is 14.5 Å². The first-order valence-electron chi connectivity index (χ1n) is 9.93. The number of hydrogen-bond acceptors (Lipinski definition) is 5. The van der Waals surface area contributed by atoms with Gasteiger partial charge in [0.05, 0.1) is 26.0 Å². The number of halogens is 5. The molecule has 32 heavy (non-hydrogen) atoms. The minimum absolute atomic E-state index is 0.0378. The number of carbonyl (C=O) groups excluding carboxylic acids is 1. The lowest BCUT2D eigenvalue weighted by Crippen LogP contribution is -2.38. The van der Waals surface area contributed by atoms with Gasteiger partial charge in [-0.2, -0.15) is 13.2 Å². The predicted molar refractivity (Wildman–Crippen MR) is 105 cm³/mol. The van der Waals surface area contributed by atoms with Crippen molar-refractivity contribution in [3.63, 3.8) is 0 Å². The van der Waals surface area contributed by atoms with Crippen molar-refractivity contribution >= 4 is 17.4 Å². The first-order chi connectivity index (χ1) is 15.2. The van der Waals surface area contributed by atoms with Crippen molar-refractivity contribution in [1.82, 2.24) is 4.98 Å². The van der Waals surface area contributed by atoms with Gasteiger partial charge in [0.1, 0.15) is 28.8 Å². The number of carbonyl (C=O) groups is 1. The Morgan fingerprint density at radius 3 is 2.41 bits per heavy atom. The van der Waals surface area contributed by atoms with Gasteiger partial charge in [-0.1, -0.05) is 0 Å². The van der Waals surface area contributed by atoms with E-state index in [1.807, 2.05) is 0 Å². The Bertz CT molecular complexity index is 1000. The smallest absolute Gasteiger partial charge is 0.421 e. The third kappa shape index (κ3) is 4.08. The number of rotatable bonds is 4. The van der Waals surface area contributed by atoms with Crippen LogP contribution in [0.2, 0.25) is 0 Å². The quantitative estimate of drug-likeness (QED) is 0.655. The second-order valence-electron chi connectivity index (χ2n) is 7.54. The normalized spacial score (nSPS) is 19.6. The number of aromatic nitrogens is 1. The number of ether oxygens (including phenoxy) is 2. The lowest BCUT2D eigenvalue weighted by molar-refractivity contribution is -0.137. The first kappa shape index (κ1) is 22.3. The van der Waals surface area contributed by atoms with Crippen LogP contribution >= 0.6 is 0 Å². The molecule has 2 saturated heterocycles. The second-order valence-corrected chi connectivity index (χ2v) is 7.54. The zero-order valence-corrected chi connectivity index (χ0v) is 17.1. The van der Waals surface area contributed by atoms with Gasteiger partial charge in [0.25, 0.3) is 0 Å². The molecule has 0 bridgehead atoms. The number of nitrogens with zero attached hydrogens (tertiary/aromatic N) is 3. The Hall–Kier alpha value is -2.95. The van der Waals surface area contributed by atoms with E-state index in [1.165, 1.54) is 24.3 Å². The van der Waals surface area contributed by atoms with E-state index in [-0.39, 0.29) is 56.3 Å². The van der Waals surface area contributed by atoms with E-state index < -0.39 is 41.0 Å². The van der Waals surface area contributed by atoms with Gasteiger partial charge in [-0.3, -0.25) is 9.69 Å². The number of amides is 1. The Balaban J connectivity index is 1.72. The molecule has 0 N–H and O–H groups in total. The van der Waals surface area contributed by atoms with E-state index in [0.29, 0.717) is 0 Å². The van der Waals surface area contributed by atoms with Gasteiger partial charge in [0.15, 0.2) is 0 Å². The topological polar surface area (TPSA) is 54.9 Å². The van der Waals surface area contributed by atoms with Crippen molar-refractivity contribution in [2.24, 2.45) is 0 Å². The van der Waals surface area contributed by atoms with E-state index in [9.17, 15) is 26.7 Å². The van der Waals surface area contributed by atoms with Gasteiger partial charge >= 0.3 is 6.18 Å². The molecule has 1 atom stereocenters. The monoisotopic (exact) mass is 457 g/mol. The number of methoxy groups -OCH3 is 1. The van der Waals surface area contributed by atoms with Crippen molar-refractivity contribution in [3.05, 3.63) is 47.2 Å². The van der Waals surface area contributed by atoms with Gasteiger partial charge in [-0.05, 0) is 6.07 Å². The molecule has 172 valence electrons. The highest BCUT2D eigenvalue weighted by molar-refractivity contribution is 5.97. The lowest BCUT2D eigenvalue weighted by atomic mass is 9.97. The number of hydrogen-bond donors (Lipinski definition) is 0. The maximum absolute atomic E-state index is 14.5. The molecule has 1 amide bonds. The lowest BCUT2D eigenvalue weighted by Gasteiger charge is -2.32. The van der Waals surface area contributed by atoms with Crippen molar-refractivity contribution in [2.45, 2.75) is 18.5 Å². The molecule has 2 aliphatic rings. The fourth-order valence-corrected chi connectivity index (χ4v) is 4.16. The van der Waals surface area contributed by atoms with E-state index >= 15 is 0 Å². The maximum atomic E-state index is 14.5. The fourth-order valence-electron chi connectivity index (χ4n) is 4.16. The standard InChI is InChI=1S/C21H20F5N3O3/c1-31-13-9-14(22)18(15(23)10-13)12-8-17(30)29(11-12)20-19(21(24,25)26)16(2-3-27-20)28-4-6-32-7-5-28/h2-3,9-10,12H,4-8,11H2,1H3/t12-/m0/s1. The van der Waals surface area contributed by atoms with Gasteiger partial charge in [-0.25, -0.2) is 13.8 Å². The fraction of sp³-hybridized carbons (Fsp3) is 0.429. The van der Waals surface area contributed by atoms with Crippen LogP contribution in [0.25, 0.3) is 0 Å². The van der Waals surface area contributed by atoms with E-state index in [4.69, 9.17) is 9.47 Å². The summed E-state index contributed by atoms with van der Waals surface area (Å²) in [6.07, 6.45) is -3.95. The molecule has 2 aromatic rings. The Labute approximate surface area is 180 Å². The number of morpholine rings is 1. The van der Waals surface area contributed by atoms with Crippen LogP contribution in [0, 0.1) is 11.6 Å². The van der Waals surface area contributed by atoms with Crippen LogP contribution in [0.4, 0.5) is 33.5 Å². The van der Waals surface area contributed by atoms with Crippen LogP contribution in [0.1, 0.15) is 23.5 Å². The van der Waals surface area contributed by atoms with Crippen LogP contribution in [0.5, 0.6) is 5.75 Å². The SMILES string of the molecule is COc1cc(F)c([C@H]2CC(=O)N(c3nccc(N4CCOCC4)c3C(F)(F)F)C2)c(F)c1. The summed E-state index contributed by atoms with van der Waals surface area (Å²) in [5, 5.41) is 0. The molecule has 11 heteroatoms. The van der Waals surface area contributed by atoms with Crippen LogP contribution in [0.15, 0.2) is 24.4 Å². The summed E-state index contributed by atoms with van der Waals surface area (Å²) >= 11 is 0. The van der Waals surface area contributed by atoms with Gasteiger partial charge < -0.3 is 14.4 Å². The molecule has 3 heterocycles. The predicted octanol–water partition coefficient (Wildman–Crippen LogP) is 3.74. The summed E-state index contributed by atoms with van der Waals surface area (Å²) in [5.74, 6) is -4.11. The minimum Gasteiger partial charge on any atom is -0.497 e. The summed E-state index contributed by atoms with van der Waals surface area (Å²) in [5.41, 5.74) is -1.52. The third-order valence-corrected chi connectivity index (χ3v) is 5.62. The van der Waals surface area contributed by atoms with Crippen molar-refractivity contribution in [3.8, 4) is 5.75 Å². The molecule has 0 radical (unpaired) electrons. The highest BCUT2D eigenvalue weighted by atomic mass is 19.4. The van der Waals surface area contributed by atoms with Gasteiger partial charge in [0.2, 0.25) is 5.91 Å². The molecule has 0 unspecified atom stereocenters. The molecule has 6 nitrogen and oxygen atoms in total. The maximum Gasteiger partial charge on any atom is 0.421 e. The summed E-state index contributed by atoms with van der Waals surface area (Å²) in [7, 11) is 1.25. The van der Waals surface area contributed by atoms with Crippen molar-refractivity contribution < 1.29 is 36.2 Å². The molecule has 1 aromatic heterocycles. The highest BCUT2D eigenvalue weighted by Gasteiger charge is 2.44. The summed E-state index contributed by atoms with van der Waals surface area (Å²) in [6.45, 7) is 0.726. The first-order valence-corrected chi connectivity index (χ1v) is 9.93. The number of benzene rings is 1. The third-order valence-electron chi connectivity index (χ3n) is 5.62. The number of alkyl halides is 3. The Kier molecular flexibility index (Phi) is 5.93. The summed E-state index contributed by atoms with van der Waals surface area (Å²) in [6, 6.07) is 3.20. The largest absolute Gasteiger partial charge is 0.497 e. The van der Waals surface area contributed by atoms with E-state index in [2.05, 4.69) is 4.98 Å². The molecule has 0 aliphatic carbocycles. The minimum atomic E-state index is -4.80. The van der Waals surface area contributed by atoms with Crippen LogP contribution in [0.3, 0.4) is 0 Å². The van der Waals surface area contributed by atoms with Crippen LogP contribution in [-0.4, -0.2) is 50.8 Å². The van der Waals surface area contributed by atoms with E-state index in [0.717, 1.165) is 17.0 Å². The molecule has 1 aromatic carbocycles. The summed E-state index contributed by atoms with van der Waals surface area (Å²) in [4.78, 5) is 18.9. The number of pyridine rings is 1. The highest BCUT2D eigenvalue weighted by Crippen LogP contribution is 2.44. The number of anilines is 2. The van der Waals surface area contributed by atoms with Crippen molar-refractivity contribution in [2.75, 3.05) is 49.8 Å². The zero-order valence-electron chi connectivity index (χ0n) is 17.1. The molecule has 2 aliphatic heterocycles. The molecule has 2 fully saturated rings. The molecule has 4 rings (SSSR count). The molecular weight excluding hydrogens is 437 g/mol. The molecule has 0 saturated carbocycles. The average Bonchev–Trinajstić information content (AvgIpc) is 3.13. The van der Waals surface area contributed by atoms with Gasteiger partial charge in [0, 0.05) is 55.9 Å². The summed E-state index contributed by atoms with van der Waals surface area (Å²) < 4.78 is 81.4. The molecular formula is C21H20F5N3O3. The average molecular weight is 457 g/mol. The van der Waals surface area contributed by atoms with Crippen molar-refractivity contribution in [1.29, 1.82) is 0 Å². The van der Waals surface area contributed by atoms with Gasteiger partial charge in [-0.15, -0.1) is 0 Å². The van der Waals surface area contributed by atoms with Crippen LogP contribution in [-0.2, 0) is 15.7 Å².